The molecule has 7 heteroatoms. The Morgan fingerprint density at radius 2 is 2.50 bits per heavy atom. The summed E-state index contributed by atoms with van der Waals surface area (Å²) in [6.45, 7) is 0.755. The third-order valence-corrected chi connectivity index (χ3v) is 2.61. The molecule has 1 saturated heterocycles. The van der Waals surface area contributed by atoms with E-state index in [1.807, 2.05) is 6.07 Å². The molecular formula is C11H11FN4O2. The zero-order valence-electron chi connectivity index (χ0n) is 9.47. The molecule has 18 heavy (non-hydrogen) atoms. The van der Waals surface area contributed by atoms with Gasteiger partial charge in [0.05, 0.1) is 31.0 Å². The number of rotatable bonds is 1. The Morgan fingerprint density at radius 1 is 1.72 bits per heavy atom. The molecule has 1 atom stereocenters. The van der Waals surface area contributed by atoms with E-state index >= 15 is 0 Å². The fourth-order valence-corrected chi connectivity index (χ4v) is 1.70. The highest BCUT2D eigenvalue weighted by atomic mass is 19.1. The first kappa shape index (κ1) is 12.3. The molecule has 6 nitrogen and oxygen atoms in total. The van der Waals surface area contributed by atoms with Gasteiger partial charge in [-0.2, -0.15) is 5.26 Å². The average Bonchev–Trinajstić information content (AvgIpc) is 2.41. The number of aromatic nitrogens is 1. The first-order chi connectivity index (χ1) is 8.61. The molecule has 1 aromatic heterocycles. The number of nitriles is 1. The van der Waals surface area contributed by atoms with Gasteiger partial charge in [-0.3, -0.25) is 4.79 Å². The van der Waals surface area contributed by atoms with Gasteiger partial charge in [0.15, 0.2) is 6.10 Å². The van der Waals surface area contributed by atoms with Gasteiger partial charge in [-0.05, 0) is 6.07 Å². The van der Waals surface area contributed by atoms with Crippen LogP contribution in [0.3, 0.4) is 0 Å². The first-order valence-corrected chi connectivity index (χ1v) is 5.33. The number of halogens is 1. The number of pyridine rings is 1. The molecule has 1 aliphatic heterocycles. The van der Waals surface area contributed by atoms with E-state index in [0.717, 1.165) is 12.3 Å². The largest absolute Gasteiger partial charge is 0.383 e. The Morgan fingerprint density at radius 3 is 3.22 bits per heavy atom. The number of amides is 1. The molecule has 0 aromatic carbocycles. The summed E-state index contributed by atoms with van der Waals surface area (Å²) in [6.07, 6.45) is 0.286. The van der Waals surface area contributed by atoms with Gasteiger partial charge >= 0.3 is 0 Å². The number of ether oxygens (including phenoxy) is 1. The van der Waals surface area contributed by atoms with Crippen molar-refractivity contribution in [2.75, 3.05) is 25.4 Å². The second-order valence-electron chi connectivity index (χ2n) is 3.83. The highest BCUT2D eigenvalue weighted by Gasteiger charge is 2.26. The number of morpholine rings is 1. The zero-order valence-corrected chi connectivity index (χ0v) is 9.47. The Kier molecular flexibility index (Phi) is 3.39. The third-order valence-electron chi connectivity index (χ3n) is 2.61. The fourth-order valence-electron chi connectivity index (χ4n) is 1.70. The molecule has 1 unspecified atom stereocenters. The van der Waals surface area contributed by atoms with E-state index < -0.39 is 17.8 Å². The summed E-state index contributed by atoms with van der Waals surface area (Å²) in [6, 6.07) is 2.97. The molecule has 1 aromatic rings. The van der Waals surface area contributed by atoms with Crippen LogP contribution >= 0.6 is 0 Å². The van der Waals surface area contributed by atoms with Gasteiger partial charge in [-0.15, -0.1) is 0 Å². The van der Waals surface area contributed by atoms with Crippen LogP contribution in [0.5, 0.6) is 0 Å². The van der Waals surface area contributed by atoms with Crippen LogP contribution in [0.25, 0.3) is 0 Å². The van der Waals surface area contributed by atoms with Crippen molar-refractivity contribution >= 4 is 11.7 Å². The summed E-state index contributed by atoms with van der Waals surface area (Å²) in [5.74, 6) is -1.10. The van der Waals surface area contributed by atoms with Crippen molar-refractivity contribution in [3.05, 3.63) is 23.6 Å². The van der Waals surface area contributed by atoms with Gasteiger partial charge in [-0.1, -0.05) is 0 Å². The van der Waals surface area contributed by atoms with Gasteiger partial charge in [0.25, 0.3) is 5.91 Å². The number of hydrogen-bond acceptors (Lipinski definition) is 5. The van der Waals surface area contributed by atoms with Crippen LogP contribution in [0.4, 0.5) is 10.2 Å². The maximum Gasteiger partial charge on any atom is 0.257 e. The SMILES string of the molecule is N#CC1CN(C(=O)c2cc(F)cnc2N)CCO1. The molecule has 2 N–H and O–H groups in total. The van der Waals surface area contributed by atoms with Gasteiger partial charge in [-0.25, -0.2) is 9.37 Å². The lowest BCUT2D eigenvalue weighted by Gasteiger charge is -2.29. The van der Waals surface area contributed by atoms with E-state index in [2.05, 4.69) is 4.98 Å². The smallest absolute Gasteiger partial charge is 0.257 e. The summed E-state index contributed by atoms with van der Waals surface area (Å²) in [5.41, 5.74) is 5.55. The van der Waals surface area contributed by atoms with Crippen molar-refractivity contribution in [1.29, 1.82) is 5.26 Å². The van der Waals surface area contributed by atoms with Crippen LogP contribution < -0.4 is 5.73 Å². The summed E-state index contributed by atoms with van der Waals surface area (Å²) in [5, 5.41) is 8.75. The predicted octanol–water partition coefficient (Wildman–Crippen LogP) is 0.167. The Bertz CT molecular complexity index is 514. The lowest BCUT2D eigenvalue weighted by Crippen LogP contribution is -2.45. The van der Waals surface area contributed by atoms with Crippen molar-refractivity contribution in [3.63, 3.8) is 0 Å². The van der Waals surface area contributed by atoms with E-state index in [0.29, 0.717) is 6.54 Å². The van der Waals surface area contributed by atoms with Crippen molar-refractivity contribution < 1.29 is 13.9 Å². The highest BCUT2D eigenvalue weighted by molar-refractivity contribution is 5.98. The summed E-state index contributed by atoms with van der Waals surface area (Å²) < 4.78 is 18.2. The summed E-state index contributed by atoms with van der Waals surface area (Å²) >= 11 is 0. The van der Waals surface area contributed by atoms with Crippen LogP contribution in [0.15, 0.2) is 12.3 Å². The minimum absolute atomic E-state index is 0.00795. The van der Waals surface area contributed by atoms with Gasteiger partial charge in [0.2, 0.25) is 0 Å². The molecule has 1 amide bonds. The van der Waals surface area contributed by atoms with Crippen LogP contribution in [0.1, 0.15) is 10.4 Å². The van der Waals surface area contributed by atoms with Gasteiger partial charge in [0, 0.05) is 6.54 Å². The molecule has 0 saturated carbocycles. The van der Waals surface area contributed by atoms with Crippen LogP contribution in [-0.4, -0.2) is 41.6 Å². The lowest BCUT2D eigenvalue weighted by molar-refractivity contribution is 0.00348. The number of nitrogen functional groups attached to an aromatic ring is 1. The number of nitrogens with two attached hydrogens (primary N) is 1. The first-order valence-electron chi connectivity index (χ1n) is 5.33. The molecule has 0 aliphatic carbocycles. The Balaban J connectivity index is 2.21. The zero-order chi connectivity index (χ0) is 13.1. The maximum absolute atomic E-state index is 13.1. The molecule has 1 fully saturated rings. The van der Waals surface area contributed by atoms with E-state index in [4.69, 9.17) is 15.7 Å². The minimum Gasteiger partial charge on any atom is -0.383 e. The van der Waals surface area contributed by atoms with Crippen LogP contribution in [0, 0.1) is 17.1 Å². The Labute approximate surface area is 103 Å². The number of carbonyl (C=O) groups excluding carboxylic acids is 1. The number of anilines is 1. The van der Waals surface area contributed by atoms with Crippen LogP contribution in [-0.2, 0) is 4.74 Å². The summed E-state index contributed by atoms with van der Waals surface area (Å²) in [4.78, 5) is 17.1. The quantitative estimate of drug-likeness (QED) is 0.766. The van der Waals surface area contributed by atoms with Crippen molar-refractivity contribution in [3.8, 4) is 6.07 Å². The second-order valence-corrected chi connectivity index (χ2v) is 3.83. The number of nitrogens with zero attached hydrogens (tertiary/aromatic N) is 3. The Hall–Kier alpha value is -2.20. The molecular weight excluding hydrogens is 239 g/mol. The minimum atomic E-state index is -0.662. The fraction of sp³-hybridized carbons (Fsp3) is 0.364. The lowest BCUT2D eigenvalue weighted by atomic mass is 10.2. The molecule has 94 valence electrons. The molecule has 0 spiro atoms. The van der Waals surface area contributed by atoms with E-state index in [1.54, 1.807) is 0 Å². The summed E-state index contributed by atoms with van der Waals surface area (Å²) in [7, 11) is 0. The van der Waals surface area contributed by atoms with Gasteiger partial charge in [0.1, 0.15) is 11.6 Å². The number of carbonyl (C=O) groups is 1. The molecule has 0 radical (unpaired) electrons. The highest BCUT2D eigenvalue weighted by Crippen LogP contribution is 2.15. The van der Waals surface area contributed by atoms with Gasteiger partial charge < -0.3 is 15.4 Å². The molecule has 2 heterocycles. The van der Waals surface area contributed by atoms with Crippen molar-refractivity contribution in [1.82, 2.24) is 9.88 Å². The van der Waals surface area contributed by atoms with Crippen LogP contribution in [0.2, 0.25) is 0 Å². The average molecular weight is 250 g/mol. The monoisotopic (exact) mass is 250 g/mol. The second kappa shape index (κ2) is 4.98. The van der Waals surface area contributed by atoms with E-state index in [9.17, 15) is 9.18 Å². The van der Waals surface area contributed by atoms with E-state index in [1.165, 1.54) is 4.90 Å². The third kappa shape index (κ3) is 2.38. The predicted molar refractivity (Wildman–Crippen MR) is 59.9 cm³/mol. The molecule has 1 aliphatic rings. The molecule has 0 bridgehead atoms. The molecule has 2 rings (SSSR count). The number of hydrogen-bond donors (Lipinski definition) is 1. The maximum atomic E-state index is 13.1. The van der Waals surface area contributed by atoms with Crippen molar-refractivity contribution in [2.24, 2.45) is 0 Å². The standard InChI is InChI=1S/C11H11FN4O2/c12-7-3-9(10(14)15-5-7)11(17)16-1-2-18-8(4-13)6-16/h3,5,8H,1-2,6H2,(H2,14,15). The normalized spacial score (nSPS) is 19.3. The topological polar surface area (TPSA) is 92.2 Å². The van der Waals surface area contributed by atoms with Crippen molar-refractivity contribution in [2.45, 2.75) is 6.10 Å². The van der Waals surface area contributed by atoms with E-state index in [-0.39, 0.29) is 24.5 Å².